The number of nitrogens with one attached hydrogen (secondary N) is 1. The Bertz CT molecular complexity index is 1190. The van der Waals surface area contributed by atoms with Crippen LogP contribution in [0, 0.1) is 0 Å². The summed E-state index contributed by atoms with van der Waals surface area (Å²) in [5.74, 6) is 0.840. The smallest absolute Gasteiger partial charge is 0.174 e. The lowest BCUT2D eigenvalue weighted by molar-refractivity contribution is 0.340. The van der Waals surface area contributed by atoms with Gasteiger partial charge in [-0.05, 0) is 79.8 Å². The minimum Gasteiger partial charge on any atom is -0.494 e. The molecule has 1 N–H and O–H groups in total. The quantitative estimate of drug-likeness (QED) is 0.432. The van der Waals surface area contributed by atoms with Gasteiger partial charge in [0.25, 0.3) is 0 Å². The number of hydrogen-bond acceptors (Lipinski definition) is 4. The highest BCUT2D eigenvalue weighted by Gasteiger charge is 2.42. The summed E-state index contributed by atoms with van der Waals surface area (Å²) in [6.45, 7) is 2.61. The number of aromatic nitrogens is 3. The molecule has 32 heavy (non-hydrogen) atoms. The van der Waals surface area contributed by atoms with E-state index in [0.29, 0.717) is 11.7 Å². The predicted octanol–water partition coefficient (Wildman–Crippen LogP) is 4.84. The summed E-state index contributed by atoms with van der Waals surface area (Å²) < 4.78 is 7.81. The molecule has 0 unspecified atom stereocenters. The van der Waals surface area contributed by atoms with Crippen molar-refractivity contribution in [1.29, 1.82) is 0 Å². The van der Waals surface area contributed by atoms with E-state index in [0.717, 1.165) is 28.5 Å². The fraction of sp³-hybridized carbons (Fsp3) is 0.160. The van der Waals surface area contributed by atoms with Crippen molar-refractivity contribution in [1.82, 2.24) is 19.9 Å². The van der Waals surface area contributed by atoms with Gasteiger partial charge in [-0.3, -0.25) is 9.97 Å². The molecule has 7 heteroatoms. The van der Waals surface area contributed by atoms with Crippen LogP contribution in [0.15, 0.2) is 91.5 Å². The van der Waals surface area contributed by atoms with Gasteiger partial charge in [0, 0.05) is 41.9 Å². The highest BCUT2D eigenvalue weighted by atomic mass is 32.1. The second-order valence-electron chi connectivity index (χ2n) is 7.43. The second-order valence-corrected chi connectivity index (χ2v) is 7.82. The molecule has 160 valence electrons. The first kappa shape index (κ1) is 20.2. The van der Waals surface area contributed by atoms with E-state index in [4.69, 9.17) is 17.0 Å². The van der Waals surface area contributed by atoms with E-state index in [1.165, 1.54) is 0 Å². The first-order valence-corrected chi connectivity index (χ1v) is 11.0. The molecule has 6 nitrogen and oxygen atoms in total. The number of benzene rings is 1. The molecule has 4 heterocycles. The average molecular weight is 442 g/mol. The zero-order chi connectivity index (χ0) is 21.9. The van der Waals surface area contributed by atoms with Crippen LogP contribution in [0.4, 0.5) is 5.69 Å². The summed E-state index contributed by atoms with van der Waals surface area (Å²) in [5.41, 5.74) is 4.09. The normalized spacial score (nSPS) is 17.9. The standard InChI is InChI=1S/C25H23N5OS/c1-2-31-20-10-8-19(9-11-20)30-24(23(28-25(30)32)21-6-3-4-14-27-21)22-7-5-17-29(22)18-12-15-26-16-13-18/h3-17,23-24H,2H2,1H3,(H,28,32)/t23-,24-/m0/s1. The van der Waals surface area contributed by atoms with E-state index in [2.05, 4.69) is 43.1 Å². The number of anilines is 1. The van der Waals surface area contributed by atoms with Crippen LogP contribution < -0.4 is 15.0 Å². The lowest BCUT2D eigenvalue weighted by Crippen LogP contribution is -2.30. The molecule has 1 aliphatic rings. The maximum Gasteiger partial charge on any atom is 0.174 e. The van der Waals surface area contributed by atoms with Crippen molar-refractivity contribution in [3.63, 3.8) is 0 Å². The van der Waals surface area contributed by atoms with Crippen LogP contribution in [0.2, 0.25) is 0 Å². The molecular weight excluding hydrogens is 418 g/mol. The van der Waals surface area contributed by atoms with Crippen LogP contribution in [-0.2, 0) is 0 Å². The Morgan fingerprint density at radius 3 is 2.47 bits per heavy atom. The summed E-state index contributed by atoms with van der Waals surface area (Å²) in [7, 11) is 0. The molecular formula is C25H23N5OS. The fourth-order valence-corrected chi connectivity index (χ4v) is 4.52. The molecule has 1 aromatic carbocycles. The van der Waals surface area contributed by atoms with E-state index >= 15 is 0 Å². The van der Waals surface area contributed by atoms with Crippen molar-refractivity contribution in [2.45, 2.75) is 19.0 Å². The third-order valence-electron chi connectivity index (χ3n) is 5.55. The van der Waals surface area contributed by atoms with Crippen molar-refractivity contribution in [2.24, 2.45) is 0 Å². The van der Waals surface area contributed by atoms with Crippen LogP contribution in [0.25, 0.3) is 5.69 Å². The van der Waals surface area contributed by atoms with Crippen LogP contribution >= 0.6 is 12.2 Å². The predicted molar refractivity (Wildman–Crippen MR) is 129 cm³/mol. The molecule has 0 aliphatic carbocycles. The summed E-state index contributed by atoms with van der Waals surface area (Å²) in [6.07, 6.45) is 7.49. The van der Waals surface area contributed by atoms with Crippen molar-refractivity contribution in [3.05, 3.63) is 103 Å². The summed E-state index contributed by atoms with van der Waals surface area (Å²) in [4.78, 5) is 11.0. The largest absolute Gasteiger partial charge is 0.494 e. The molecule has 1 saturated heterocycles. The lowest BCUT2D eigenvalue weighted by atomic mass is 10.0. The van der Waals surface area contributed by atoms with Crippen molar-refractivity contribution in [3.8, 4) is 11.4 Å². The molecule has 4 aromatic rings. The van der Waals surface area contributed by atoms with Crippen LogP contribution in [0.1, 0.15) is 30.4 Å². The number of thiocarbonyl (C=S) groups is 1. The Labute approximate surface area is 192 Å². The van der Waals surface area contributed by atoms with Gasteiger partial charge in [-0.25, -0.2) is 0 Å². The third kappa shape index (κ3) is 3.71. The number of nitrogens with zero attached hydrogens (tertiary/aromatic N) is 4. The molecule has 3 aromatic heterocycles. The third-order valence-corrected chi connectivity index (χ3v) is 5.86. The molecule has 0 amide bonds. The van der Waals surface area contributed by atoms with Crippen molar-refractivity contribution in [2.75, 3.05) is 11.5 Å². The molecule has 0 saturated carbocycles. The minimum absolute atomic E-state index is 0.0986. The van der Waals surface area contributed by atoms with E-state index in [9.17, 15) is 0 Å². The van der Waals surface area contributed by atoms with Gasteiger partial charge in [-0.1, -0.05) is 6.07 Å². The van der Waals surface area contributed by atoms with Crippen LogP contribution in [0.3, 0.4) is 0 Å². The molecule has 0 spiro atoms. The number of rotatable bonds is 6. The summed E-state index contributed by atoms with van der Waals surface area (Å²) in [6, 6.07) is 22.0. The zero-order valence-electron chi connectivity index (χ0n) is 17.6. The van der Waals surface area contributed by atoms with Gasteiger partial charge >= 0.3 is 0 Å². The maximum atomic E-state index is 5.83. The van der Waals surface area contributed by atoms with E-state index in [1.54, 1.807) is 12.4 Å². The Kier molecular flexibility index (Phi) is 5.56. The first-order chi connectivity index (χ1) is 15.8. The monoisotopic (exact) mass is 441 g/mol. The Morgan fingerprint density at radius 1 is 0.938 bits per heavy atom. The average Bonchev–Trinajstić information content (AvgIpc) is 3.45. The summed E-state index contributed by atoms with van der Waals surface area (Å²) in [5, 5.41) is 4.18. The zero-order valence-corrected chi connectivity index (χ0v) is 18.4. The van der Waals surface area contributed by atoms with Gasteiger partial charge < -0.3 is 19.5 Å². The molecule has 0 bridgehead atoms. The lowest BCUT2D eigenvalue weighted by Gasteiger charge is -2.29. The Balaban J connectivity index is 1.62. The van der Waals surface area contributed by atoms with Gasteiger partial charge in [0.15, 0.2) is 5.11 Å². The maximum absolute atomic E-state index is 5.83. The van der Waals surface area contributed by atoms with Gasteiger partial charge in [0.2, 0.25) is 0 Å². The highest BCUT2D eigenvalue weighted by Crippen LogP contribution is 2.42. The Morgan fingerprint density at radius 2 is 1.75 bits per heavy atom. The Hall–Kier alpha value is -3.71. The van der Waals surface area contributed by atoms with Crippen LogP contribution in [0.5, 0.6) is 5.75 Å². The first-order valence-electron chi connectivity index (χ1n) is 10.6. The molecule has 1 aliphatic heterocycles. The van der Waals surface area contributed by atoms with E-state index in [1.807, 2.05) is 67.7 Å². The van der Waals surface area contributed by atoms with Gasteiger partial charge in [-0.2, -0.15) is 0 Å². The van der Waals surface area contributed by atoms with E-state index < -0.39 is 0 Å². The van der Waals surface area contributed by atoms with Crippen molar-refractivity contribution >= 4 is 23.0 Å². The molecule has 0 radical (unpaired) electrons. The van der Waals surface area contributed by atoms with E-state index in [-0.39, 0.29) is 12.1 Å². The number of hydrogen-bond donors (Lipinski definition) is 1. The number of ether oxygens (including phenoxy) is 1. The van der Waals surface area contributed by atoms with Gasteiger partial charge in [-0.15, -0.1) is 0 Å². The molecule has 5 rings (SSSR count). The highest BCUT2D eigenvalue weighted by molar-refractivity contribution is 7.80. The minimum atomic E-state index is -0.106. The SMILES string of the molecule is CCOc1ccc(N2C(=S)N[C@@H](c3ccccn3)[C@@H]2c2cccn2-c2ccncc2)cc1. The second kappa shape index (κ2) is 8.80. The van der Waals surface area contributed by atoms with Gasteiger partial charge in [0.05, 0.1) is 18.3 Å². The van der Waals surface area contributed by atoms with Crippen molar-refractivity contribution < 1.29 is 4.74 Å². The van der Waals surface area contributed by atoms with Gasteiger partial charge in [0.1, 0.15) is 11.8 Å². The summed E-state index contributed by atoms with van der Waals surface area (Å²) >= 11 is 5.83. The molecule has 2 atom stereocenters. The van der Waals surface area contributed by atoms with Crippen LogP contribution in [-0.4, -0.2) is 26.3 Å². The molecule has 1 fully saturated rings. The topological polar surface area (TPSA) is 55.2 Å². The fourth-order valence-electron chi connectivity index (χ4n) is 4.18. The number of pyridine rings is 2.